The fourth-order valence-electron chi connectivity index (χ4n) is 7.18. The Labute approximate surface area is 252 Å². The third-order valence-corrected chi connectivity index (χ3v) is 9.23. The van der Waals surface area contributed by atoms with Crippen LogP contribution in [0.5, 0.6) is 0 Å². The molecule has 4 aromatic carbocycles. The summed E-state index contributed by atoms with van der Waals surface area (Å²) in [5.41, 5.74) is 11.2. The minimum atomic E-state index is -0.128. The summed E-state index contributed by atoms with van der Waals surface area (Å²) < 4.78 is 2.31. The molecular weight excluding hydrogens is 520 g/mol. The monoisotopic (exact) mass is 552 g/mol. The van der Waals surface area contributed by atoms with Gasteiger partial charge in [-0.05, 0) is 86.5 Å². The van der Waals surface area contributed by atoms with Crippen LogP contribution in [0.4, 0.5) is 0 Å². The van der Waals surface area contributed by atoms with E-state index in [9.17, 15) is 0 Å². The molecule has 0 saturated heterocycles. The van der Waals surface area contributed by atoms with Crippen molar-refractivity contribution in [3.8, 4) is 16.9 Å². The minimum Gasteiger partial charge on any atom is -0.294 e. The van der Waals surface area contributed by atoms with Gasteiger partial charge < -0.3 is 0 Å². The number of aromatic nitrogens is 2. The van der Waals surface area contributed by atoms with E-state index in [1.165, 1.54) is 66.0 Å². The van der Waals surface area contributed by atoms with Gasteiger partial charge in [-0.2, -0.15) is 0 Å². The van der Waals surface area contributed by atoms with Crippen LogP contribution in [0, 0.1) is 0 Å². The summed E-state index contributed by atoms with van der Waals surface area (Å²) >= 11 is 0. The number of fused-ring (bicyclic) bond motifs is 7. The minimum absolute atomic E-state index is 0.128. The fourth-order valence-corrected chi connectivity index (χ4v) is 7.18. The van der Waals surface area contributed by atoms with E-state index in [1.54, 1.807) is 0 Å². The standard InChI is InChI=1S/C41H32N2/c1-27-13-5-4-6-15-30-31-22-21-28(25-36(31)41(2,3)35(30)23-20-27)34-26-38-40(32-16-8-7-14-29(32)34)33-17-9-10-18-37(33)43(38)39-19-11-12-24-42-39/h4-14,16-26H,1,15H2,2-3H3/b6-4-,13-5-,23-20-. The fraction of sp³-hybridized carbons (Fsp3) is 0.0976. The highest BCUT2D eigenvalue weighted by Crippen LogP contribution is 2.50. The lowest BCUT2D eigenvalue weighted by Gasteiger charge is -2.24. The Morgan fingerprint density at radius 3 is 2.35 bits per heavy atom. The van der Waals surface area contributed by atoms with Crippen LogP contribution in [-0.2, 0) is 5.41 Å². The van der Waals surface area contributed by atoms with Crippen LogP contribution in [0.25, 0.3) is 55.1 Å². The zero-order valence-electron chi connectivity index (χ0n) is 24.5. The molecule has 0 saturated carbocycles. The largest absolute Gasteiger partial charge is 0.294 e. The molecule has 2 aliphatic carbocycles. The zero-order valence-corrected chi connectivity index (χ0v) is 24.5. The zero-order chi connectivity index (χ0) is 29.1. The molecule has 0 unspecified atom stereocenters. The van der Waals surface area contributed by atoms with Crippen molar-refractivity contribution < 1.29 is 0 Å². The van der Waals surface area contributed by atoms with Gasteiger partial charge in [-0.25, -0.2) is 4.98 Å². The lowest BCUT2D eigenvalue weighted by atomic mass is 9.79. The maximum Gasteiger partial charge on any atom is 0.137 e. The van der Waals surface area contributed by atoms with Gasteiger partial charge in [0, 0.05) is 22.4 Å². The predicted octanol–water partition coefficient (Wildman–Crippen LogP) is 10.7. The van der Waals surface area contributed by atoms with Crippen LogP contribution in [-0.4, -0.2) is 9.55 Å². The third kappa shape index (κ3) is 3.90. The number of allylic oxidation sites excluding steroid dienone is 9. The molecule has 0 radical (unpaired) electrons. The van der Waals surface area contributed by atoms with Crippen molar-refractivity contribution in [2.75, 3.05) is 0 Å². The topological polar surface area (TPSA) is 17.8 Å². The summed E-state index contributed by atoms with van der Waals surface area (Å²) in [5.74, 6) is 0.928. The van der Waals surface area contributed by atoms with Crippen LogP contribution >= 0.6 is 0 Å². The first-order valence-electron chi connectivity index (χ1n) is 15.0. The van der Waals surface area contributed by atoms with E-state index in [0.717, 1.165) is 17.8 Å². The van der Waals surface area contributed by atoms with Gasteiger partial charge >= 0.3 is 0 Å². The normalized spacial score (nSPS) is 18.1. The van der Waals surface area contributed by atoms with Crippen molar-refractivity contribution in [1.82, 2.24) is 9.55 Å². The molecule has 2 aromatic heterocycles. The molecule has 0 fully saturated rings. The Bertz CT molecular complexity index is 2230. The Balaban J connectivity index is 1.39. The van der Waals surface area contributed by atoms with E-state index in [0.29, 0.717) is 0 Å². The number of hydrogen-bond acceptors (Lipinski definition) is 1. The summed E-state index contributed by atoms with van der Waals surface area (Å²) in [4.78, 5) is 4.78. The lowest BCUT2D eigenvalue weighted by molar-refractivity contribution is 0.654. The first kappa shape index (κ1) is 25.5. The molecular formula is C41H32N2. The highest BCUT2D eigenvalue weighted by Gasteiger charge is 2.36. The molecule has 0 bridgehead atoms. The molecule has 2 aliphatic rings. The first-order chi connectivity index (χ1) is 21.0. The summed E-state index contributed by atoms with van der Waals surface area (Å²) in [7, 11) is 0. The molecule has 0 aliphatic heterocycles. The molecule has 2 heteroatoms. The second-order valence-electron chi connectivity index (χ2n) is 12.1. The van der Waals surface area contributed by atoms with Crippen molar-refractivity contribution in [3.63, 3.8) is 0 Å². The van der Waals surface area contributed by atoms with Gasteiger partial charge in [-0.15, -0.1) is 0 Å². The van der Waals surface area contributed by atoms with Crippen LogP contribution in [0.3, 0.4) is 0 Å². The summed E-state index contributed by atoms with van der Waals surface area (Å²) in [6.07, 6.45) is 15.8. The molecule has 0 N–H and O–H groups in total. The molecule has 8 rings (SSSR count). The quantitative estimate of drug-likeness (QED) is 0.209. The van der Waals surface area contributed by atoms with Crippen LogP contribution in [0.15, 0.2) is 151 Å². The molecule has 2 nitrogen and oxygen atoms in total. The highest BCUT2D eigenvalue weighted by atomic mass is 15.1. The average Bonchev–Trinajstić information content (AvgIpc) is 3.48. The molecule has 43 heavy (non-hydrogen) atoms. The number of benzene rings is 4. The van der Waals surface area contributed by atoms with Gasteiger partial charge in [0.15, 0.2) is 0 Å². The van der Waals surface area contributed by atoms with Gasteiger partial charge in [0.25, 0.3) is 0 Å². The molecule has 0 amide bonds. The summed E-state index contributed by atoms with van der Waals surface area (Å²) in [5, 5.41) is 5.04. The van der Waals surface area contributed by atoms with E-state index in [1.807, 2.05) is 12.3 Å². The van der Waals surface area contributed by atoms with E-state index in [-0.39, 0.29) is 5.41 Å². The number of pyridine rings is 1. The summed E-state index contributed by atoms with van der Waals surface area (Å²) in [6.45, 7) is 8.93. The van der Waals surface area contributed by atoms with Crippen molar-refractivity contribution in [1.29, 1.82) is 0 Å². The van der Waals surface area contributed by atoms with Gasteiger partial charge in [0.2, 0.25) is 0 Å². The van der Waals surface area contributed by atoms with E-state index >= 15 is 0 Å². The molecule has 2 heterocycles. The average molecular weight is 553 g/mol. The predicted molar refractivity (Wildman–Crippen MR) is 183 cm³/mol. The van der Waals surface area contributed by atoms with Crippen molar-refractivity contribution >= 4 is 38.2 Å². The molecule has 0 atom stereocenters. The molecule has 6 aromatic rings. The lowest BCUT2D eigenvalue weighted by Crippen LogP contribution is -2.16. The SMILES string of the molecule is C=C1/C=C\C=C/CC2=C(/C=C\1)C(C)(C)c1cc(-c3cc4c(c5ccccc35)c3ccccc3n4-c3ccccn3)ccc12. The Morgan fingerprint density at radius 2 is 1.51 bits per heavy atom. The Kier molecular flexibility index (Phi) is 5.74. The van der Waals surface area contributed by atoms with Gasteiger partial charge in [-0.3, -0.25) is 4.57 Å². The van der Waals surface area contributed by atoms with Crippen LogP contribution < -0.4 is 0 Å². The van der Waals surface area contributed by atoms with Crippen molar-refractivity contribution in [3.05, 3.63) is 163 Å². The second-order valence-corrected chi connectivity index (χ2v) is 12.1. The first-order valence-corrected chi connectivity index (χ1v) is 15.0. The van der Waals surface area contributed by atoms with Gasteiger partial charge in [0.1, 0.15) is 5.82 Å². The van der Waals surface area contributed by atoms with E-state index < -0.39 is 0 Å². The Hall–Kier alpha value is -5.21. The summed E-state index contributed by atoms with van der Waals surface area (Å²) in [6, 6.07) is 33.2. The van der Waals surface area contributed by atoms with Crippen LogP contribution in [0.1, 0.15) is 31.4 Å². The molecule has 0 spiro atoms. The number of para-hydroxylation sites is 1. The number of rotatable bonds is 2. The maximum absolute atomic E-state index is 4.78. The van der Waals surface area contributed by atoms with Gasteiger partial charge in [-0.1, -0.05) is 118 Å². The number of nitrogens with zero attached hydrogens (tertiary/aromatic N) is 2. The maximum atomic E-state index is 4.78. The third-order valence-electron chi connectivity index (χ3n) is 9.23. The van der Waals surface area contributed by atoms with E-state index in [4.69, 9.17) is 4.98 Å². The van der Waals surface area contributed by atoms with Crippen molar-refractivity contribution in [2.45, 2.75) is 25.7 Å². The number of hydrogen-bond donors (Lipinski definition) is 0. The van der Waals surface area contributed by atoms with Gasteiger partial charge in [0.05, 0.1) is 11.0 Å². The smallest absolute Gasteiger partial charge is 0.137 e. The molecule has 206 valence electrons. The Morgan fingerprint density at radius 1 is 0.721 bits per heavy atom. The van der Waals surface area contributed by atoms with Crippen LogP contribution in [0.2, 0.25) is 0 Å². The highest BCUT2D eigenvalue weighted by molar-refractivity contribution is 6.24. The second kappa shape index (κ2) is 9.68. The van der Waals surface area contributed by atoms with Crippen molar-refractivity contribution in [2.24, 2.45) is 0 Å². The van der Waals surface area contributed by atoms with E-state index in [2.05, 4.69) is 146 Å².